The van der Waals surface area contributed by atoms with Crippen molar-refractivity contribution in [2.75, 3.05) is 31.1 Å². The van der Waals surface area contributed by atoms with Crippen LogP contribution in [0.2, 0.25) is 0 Å². The van der Waals surface area contributed by atoms with Crippen molar-refractivity contribution in [2.24, 2.45) is 0 Å². The van der Waals surface area contributed by atoms with Crippen molar-refractivity contribution in [2.45, 2.75) is 19.4 Å². The maximum atomic E-state index is 13.1. The summed E-state index contributed by atoms with van der Waals surface area (Å²) in [6.07, 6.45) is 4.27. The third-order valence-electron chi connectivity index (χ3n) is 5.43. The van der Waals surface area contributed by atoms with Crippen molar-refractivity contribution in [1.82, 2.24) is 19.7 Å². The SMILES string of the molecule is O=C(CCCn1nc(-c2ccncc2)ccc1=O)N1CCN(c2ccc(F)cc2)CC1. The largest absolute Gasteiger partial charge is 0.368 e. The third kappa shape index (κ3) is 5.14. The maximum Gasteiger partial charge on any atom is 0.266 e. The summed E-state index contributed by atoms with van der Waals surface area (Å²) in [6, 6.07) is 13.3. The van der Waals surface area contributed by atoms with Crippen molar-refractivity contribution < 1.29 is 9.18 Å². The third-order valence-corrected chi connectivity index (χ3v) is 5.43. The van der Waals surface area contributed by atoms with E-state index in [-0.39, 0.29) is 17.3 Å². The number of benzene rings is 1. The molecule has 7 nitrogen and oxygen atoms in total. The van der Waals surface area contributed by atoms with Crippen LogP contribution in [0.25, 0.3) is 11.3 Å². The number of piperazine rings is 1. The quantitative estimate of drug-likeness (QED) is 0.612. The van der Waals surface area contributed by atoms with E-state index >= 15 is 0 Å². The van der Waals surface area contributed by atoms with Gasteiger partial charge >= 0.3 is 0 Å². The van der Waals surface area contributed by atoms with E-state index in [1.165, 1.54) is 22.9 Å². The molecule has 3 aromatic rings. The molecule has 0 N–H and O–H groups in total. The molecule has 0 atom stereocenters. The number of nitrogens with zero attached hydrogens (tertiary/aromatic N) is 5. The molecule has 0 bridgehead atoms. The first-order valence-corrected chi connectivity index (χ1v) is 10.4. The van der Waals surface area contributed by atoms with Crippen LogP contribution in [-0.2, 0) is 11.3 Å². The Bertz CT molecular complexity index is 1080. The average molecular weight is 421 g/mol. The zero-order valence-electron chi connectivity index (χ0n) is 17.2. The van der Waals surface area contributed by atoms with Gasteiger partial charge in [0, 0.05) is 68.9 Å². The second-order valence-electron chi connectivity index (χ2n) is 7.46. The minimum atomic E-state index is -0.252. The van der Waals surface area contributed by atoms with Crippen LogP contribution in [0.15, 0.2) is 65.7 Å². The van der Waals surface area contributed by atoms with Gasteiger partial charge in [-0.25, -0.2) is 9.07 Å². The number of aromatic nitrogens is 3. The van der Waals surface area contributed by atoms with Crippen LogP contribution in [-0.4, -0.2) is 51.8 Å². The molecular formula is C23H24FN5O2. The number of carbonyl (C=O) groups excluding carboxylic acids is 1. The second kappa shape index (κ2) is 9.51. The van der Waals surface area contributed by atoms with Crippen LogP contribution in [0.1, 0.15) is 12.8 Å². The number of hydrogen-bond acceptors (Lipinski definition) is 5. The predicted molar refractivity (Wildman–Crippen MR) is 116 cm³/mol. The normalized spacial score (nSPS) is 14.0. The van der Waals surface area contributed by atoms with Gasteiger partial charge in [-0.1, -0.05) is 0 Å². The monoisotopic (exact) mass is 421 g/mol. The lowest BCUT2D eigenvalue weighted by Crippen LogP contribution is -2.48. The Morgan fingerprint density at radius 3 is 2.35 bits per heavy atom. The molecule has 160 valence electrons. The van der Waals surface area contributed by atoms with Gasteiger partial charge in [0.1, 0.15) is 5.82 Å². The first-order valence-electron chi connectivity index (χ1n) is 10.4. The van der Waals surface area contributed by atoms with Crippen LogP contribution < -0.4 is 10.5 Å². The highest BCUT2D eigenvalue weighted by Gasteiger charge is 2.21. The molecule has 2 aromatic heterocycles. The number of halogens is 1. The van der Waals surface area contributed by atoms with E-state index in [4.69, 9.17) is 0 Å². The zero-order chi connectivity index (χ0) is 21.6. The molecule has 0 spiro atoms. The van der Waals surface area contributed by atoms with E-state index in [1.54, 1.807) is 30.6 Å². The Hall–Kier alpha value is -3.55. The minimum absolute atomic E-state index is 0.0806. The molecule has 0 aliphatic carbocycles. The first-order chi connectivity index (χ1) is 15.1. The number of pyridine rings is 1. The van der Waals surface area contributed by atoms with Gasteiger partial charge in [-0.05, 0) is 48.9 Å². The lowest BCUT2D eigenvalue weighted by molar-refractivity contribution is -0.131. The molecular weight excluding hydrogens is 397 g/mol. The van der Waals surface area contributed by atoms with E-state index in [9.17, 15) is 14.0 Å². The van der Waals surface area contributed by atoms with E-state index in [0.717, 1.165) is 11.3 Å². The molecule has 1 amide bonds. The maximum absolute atomic E-state index is 13.1. The van der Waals surface area contributed by atoms with Gasteiger partial charge in [-0.2, -0.15) is 5.10 Å². The fourth-order valence-electron chi connectivity index (χ4n) is 3.69. The Kier molecular flexibility index (Phi) is 6.35. The Morgan fingerprint density at radius 2 is 1.65 bits per heavy atom. The molecule has 1 fully saturated rings. The zero-order valence-corrected chi connectivity index (χ0v) is 17.2. The number of hydrogen-bond donors (Lipinski definition) is 0. The van der Waals surface area contributed by atoms with Crippen LogP contribution in [0.5, 0.6) is 0 Å². The van der Waals surface area contributed by atoms with Crippen molar-refractivity contribution >= 4 is 11.6 Å². The molecule has 4 rings (SSSR count). The summed E-state index contributed by atoms with van der Waals surface area (Å²) in [7, 11) is 0. The molecule has 1 saturated heterocycles. The molecule has 31 heavy (non-hydrogen) atoms. The van der Waals surface area contributed by atoms with Gasteiger partial charge in [-0.15, -0.1) is 0 Å². The van der Waals surface area contributed by atoms with E-state index in [0.29, 0.717) is 51.3 Å². The van der Waals surface area contributed by atoms with Gasteiger partial charge in [-0.3, -0.25) is 14.6 Å². The summed E-state index contributed by atoms with van der Waals surface area (Å²) in [4.78, 5) is 32.7. The first kappa shape index (κ1) is 20.7. The van der Waals surface area contributed by atoms with E-state index in [1.807, 2.05) is 17.0 Å². The number of anilines is 1. The van der Waals surface area contributed by atoms with Gasteiger partial charge < -0.3 is 9.80 Å². The highest BCUT2D eigenvalue weighted by molar-refractivity contribution is 5.76. The molecule has 0 unspecified atom stereocenters. The molecule has 0 radical (unpaired) electrons. The fourth-order valence-corrected chi connectivity index (χ4v) is 3.69. The highest BCUT2D eigenvalue weighted by Crippen LogP contribution is 2.17. The van der Waals surface area contributed by atoms with Crippen LogP contribution >= 0.6 is 0 Å². The Balaban J connectivity index is 1.28. The standard InChI is InChI=1S/C23H24FN5O2/c24-19-3-5-20(6-4-19)27-14-16-28(17-15-27)22(30)2-1-13-29-23(31)8-7-21(26-29)18-9-11-25-12-10-18/h3-12H,1-2,13-17H2. The van der Waals surface area contributed by atoms with Crippen molar-refractivity contribution in [3.05, 3.63) is 77.1 Å². The summed E-state index contributed by atoms with van der Waals surface area (Å²) in [5.74, 6) is -0.172. The predicted octanol–water partition coefficient (Wildman–Crippen LogP) is 2.57. The lowest BCUT2D eigenvalue weighted by Gasteiger charge is -2.36. The summed E-state index contributed by atoms with van der Waals surface area (Å²) in [5, 5.41) is 4.42. The number of amides is 1. The van der Waals surface area contributed by atoms with Gasteiger partial charge in [0.2, 0.25) is 5.91 Å². The minimum Gasteiger partial charge on any atom is -0.368 e. The summed E-state index contributed by atoms with van der Waals surface area (Å²) >= 11 is 0. The molecule has 3 heterocycles. The van der Waals surface area contributed by atoms with Crippen molar-refractivity contribution in [1.29, 1.82) is 0 Å². The summed E-state index contributed by atoms with van der Waals surface area (Å²) in [5.41, 5.74) is 2.37. The van der Waals surface area contributed by atoms with E-state index in [2.05, 4.69) is 15.0 Å². The lowest BCUT2D eigenvalue weighted by atomic mass is 10.2. The smallest absolute Gasteiger partial charge is 0.266 e. The van der Waals surface area contributed by atoms with Crippen LogP contribution in [0, 0.1) is 5.82 Å². The average Bonchev–Trinajstić information content (AvgIpc) is 2.81. The number of aryl methyl sites for hydroxylation is 1. The van der Waals surface area contributed by atoms with Crippen LogP contribution in [0.3, 0.4) is 0 Å². The van der Waals surface area contributed by atoms with Gasteiger partial charge in [0.25, 0.3) is 5.56 Å². The second-order valence-corrected chi connectivity index (χ2v) is 7.46. The summed E-state index contributed by atoms with van der Waals surface area (Å²) < 4.78 is 14.5. The topological polar surface area (TPSA) is 71.3 Å². The Morgan fingerprint density at radius 1 is 0.935 bits per heavy atom. The number of rotatable bonds is 6. The highest BCUT2D eigenvalue weighted by atomic mass is 19.1. The van der Waals surface area contributed by atoms with Crippen LogP contribution in [0.4, 0.5) is 10.1 Å². The van der Waals surface area contributed by atoms with Crippen molar-refractivity contribution in [3.8, 4) is 11.3 Å². The number of carbonyl (C=O) groups is 1. The molecule has 1 aliphatic heterocycles. The molecule has 1 aromatic carbocycles. The van der Waals surface area contributed by atoms with E-state index < -0.39 is 0 Å². The molecule has 0 saturated carbocycles. The van der Waals surface area contributed by atoms with Gasteiger partial charge in [0.15, 0.2) is 0 Å². The fraction of sp³-hybridized carbons (Fsp3) is 0.304. The summed E-state index contributed by atoms with van der Waals surface area (Å²) in [6.45, 7) is 3.08. The van der Waals surface area contributed by atoms with Gasteiger partial charge in [0.05, 0.1) is 5.69 Å². The molecule has 1 aliphatic rings. The van der Waals surface area contributed by atoms with Crippen molar-refractivity contribution in [3.63, 3.8) is 0 Å². The Labute approximate surface area is 179 Å². The molecule has 8 heteroatoms.